The zero-order chi connectivity index (χ0) is 30.8. The van der Waals surface area contributed by atoms with Gasteiger partial charge >= 0.3 is 6.09 Å². The first kappa shape index (κ1) is 29.2. The van der Waals surface area contributed by atoms with Gasteiger partial charge in [0, 0.05) is 24.9 Å². The van der Waals surface area contributed by atoms with Crippen LogP contribution in [0, 0.1) is 0 Å². The van der Waals surface area contributed by atoms with Crippen molar-refractivity contribution in [1.82, 2.24) is 19.7 Å². The number of benzene rings is 1. The van der Waals surface area contributed by atoms with E-state index in [9.17, 15) is 18.4 Å². The Kier molecular flexibility index (Phi) is 6.86. The van der Waals surface area contributed by atoms with E-state index in [1.54, 1.807) is 57.2 Å². The molecule has 0 radical (unpaired) electrons. The minimum atomic E-state index is -2.87. The Morgan fingerprint density at radius 2 is 1.77 bits per heavy atom. The number of rotatable bonds is 5. The summed E-state index contributed by atoms with van der Waals surface area (Å²) in [5, 5.41) is 7.35. The predicted molar refractivity (Wildman–Crippen MR) is 152 cm³/mol. The molecule has 1 amide bonds. The lowest BCUT2D eigenvalue weighted by Crippen LogP contribution is -2.56. The van der Waals surface area contributed by atoms with Gasteiger partial charge in [-0.2, -0.15) is 9.78 Å². The van der Waals surface area contributed by atoms with Crippen LogP contribution in [0.25, 0.3) is 11.0 Å². The van der Waals surface area contributed by atoms with Gasteiger partial charge in [-0.05, 0) is 63.4 Å². The summed E-state index contributed by atoms with van der Waals surface area (Å²) in [7, 11) is 0. The zero-order valence-electron chi connectivity index (χ0n) is 24.3. The molecule has 3 N–H and O–H groups in total. The molecule has 2 aliphatic heterocycles. The van der Waals surface area contributed by atoms with Gasteiger partial charge in [-0.3, -0.25) is 4.79 Å². The van der Waals surface area contributed by atoms with Crippen molar-refractivity contribution in [2.24, 2.45) is 0 Å². The molecule has 3 aliphatic rings. The number of aromatic nitrogens is 3. The fourth-order valence-corrected chi connectivity index (χ4v) is 6.28. The van der Waals surface area contributed by atoms with E-state index in [2.05, 4.69) is 15.4 Å². The van der Waals surface area contributed by atoms with Crippen molar-refractivity contribution < 1.29 is 32.2 Å². The summed E-state index contributed by atoms with van der Waals surface area (Å²) in [5.74, 6) is -2.88. The van der Waals surface area contributed by atoms with Crippen molar-refractivity contribution in [1.29, 1.82) is 0 Å². The first-order valence-electron chi connectivity index (χ1n) is 14.4. The number of epoxide rings is 1. The quantitative estimate of drug-likeness (QED) is 0.309. The Morgan fingerprint density at radius 1 is 1.09 bits per heavy atom. The Balaban J connectivity index is 1.27. The maximum Gasteiger partial charge on any atom is 0.435 e. The molecule has 3 aromatic rings. The highest BCUT2D eigenvalue weighted by atomic mass is 19.3. The van der Waals surface area contributed by atoms with E-state index >= 15 is 4.39 Å². The predicted octanol–water partition coefficient (Wildman–Crippen LogP) is 5.02. The molecule has 6 rings (SSSR count). The van der Waals surface area contributed by atoms with Crippen LogP contribution in [0.2, 0.25) is 0 Å². The maximum atomic E-state index is 15.1. The molecular formula is C30H35F3N6O4. The minimum absolute atomic E-state index is 0.0194. The Hall–Kier alpha value is -3.87. The summed E-state index contributed by atoms with van der Waals surface area (Å²) in [4.78, 5) is 33.0. The number of nitrogens with two attached hydrogens (primary N) is 1. The standard InChI is InChI=1S/C30H35F3N6O4/c1-27(2,3)43-26(41)39-22-8-9-24(36-21(22)15-35-39)37-30(17-42-30)23-14-19(31)16-38(23)25(40)28(10-12-29(32,33)13-11-28)18-4-6-20(34)7-5-18/h4-9,15,19,23H,10-14,16-17,34H2,1-3H3,(H,36,37)/t19-,23-,30?/m1/s1. The van der Waals surface area contributed by atoms with E-state index in [4.69, 9.17) is 15.2 Å². The van der Waals surface area contributed by atoms with E-state index in [1.807, 2.05) is 0 Å². The number of hydrogen-bond acceptors (Lipinski definition) is 8. The summed E-state index contributed by atoms with van der Waals surface area (Å²) in [6.45, 7) is 5.29. The van der Waals surface area contributed by atoms with Crippen LogP contribution < -0.4 is 11.1 Å². The number of pyridine rings is 1. The van der Waals surface area contributed by atoms with Crippen molar-refractivity contribution in [3.8, 4) is 0 Å². The molecule has 0 bridgehead atoms. The van der Waals surface area contributed by atoms with Gasteiger partial charge < -0.3 is 25.4 Å². The Morgan fingerprint density at radius 3 is 2.40 bits per heavy atom. The number of hydrogen-bond donors (Lipinski definition) is 2. The molecule has 230 valence electrons. The third-order valence-corrected chi connectivity index (χ3v) is 8.54. The van der Waals surface area contributed by atoms with Gasteiger partial charge in [0.1, 0.15) is 23.1 Å². The average molecular weight is 601 g/mol. The van der Waals surface area contributed by atoms with E-state index in [1.165, 1.54) is 11.1 Å². The molecule has 1 aliphatic carbocycles. The first-order valence-corrected chi connectivity index (χ1v) is 14.4. The first-order chi connectivity index (χ1) is 20.2. The van der Waals surface area contributed by atoms with E-state index in [0.29, 0.717) is 28.1 Å². The number of nitrogens with zero attached hydrogens (tertiary/aromatic N) is 4. The second kappa shape index (κ2) is 10.1. The van der Waals surface area contributed by atoms with Crippen molar-refractivity contribution in [3.05, 3.63) is 48.2 Å². The van der Waals surface area contributed by atoms with Gasteiger partial charge in [0.15, 0.2) is 5.72 Å². The summed E-state index contributed by atoms with van der Waals surface area (Å²) in [6, 6.07) is 9.30. The van der Waals surface area contributed by atoms with Crippen molar-refractivity contribution in [2.75, 3.05) is 24.2 Å². The number of carbonyl (C=O) groups excluding carboxylic acids is 2. The van der Waals surface area contributed by atoms with Crippen molar-refractivity contribution in [3.63, 3.8) is 0 Å². The number of nitrogens with one attached hydrogen (secondary N) is 1. The van der Waals surface area contributed by atoms with Crippen molar-refractivity contribution >= 4 is 34.5 Å². The molecule has 1 aromatic carbocycles. The summed E-state index contributed by atoms with van der Waals surface area (Å²) < 4.78 is 56.1. The van der Waals surface area contributed by atoms with Crippen LogP contribution in [-0.2, 0) is 19.7 Å². The fraction of sp³-hybridized carbons (Fsp3) is 0.533. The monoisotopic (exact) mass is 600 g/mol. The highest BCUT2D eigenvalue weighted by Gasteiger charge is 2.61. The van der Waals surface area contributed by atoms with Gasteiger partial charge in [-0.15, -0.1) is 0 Å². The number of nitrogen functional groups attached to an aromatic ring is 1. The van der Waals surface area contributed by atoms with Gasteiger partial charge in [-0.1, -0.05) is 12.1 Å². The fourth-order valence-electron chi connectivity index (χ4n) is 6.28. The van der Waals surface area contributed by atoms with Crippen LogP contribution in [0.4, 0.5) is 29.5 Å². The normalized spacial score (nSPS) is 26.3. The second-order valence-corrected chi connectivity index (χ2v) is 12.8. The number of anilines is 2. The second-order valence-electron chi connectivity index (χ2n) is 12.8. The zero-order valence-corrected chi connectivity index (χ0v) is 24.3. The Bertz CT molecular complexity index is 1540. The van der Waals surface area contributed by atoms with Crippen molar-refractivity contribution in [2.45, 2.75) is 87.8 Å². The molecule has 43 heavy (non-hydrogen) atoms. The number of likely N-dealkylation sites (tertiary alicyclic amines) is 1. The smallest absolute Gasteiger partial charge is 0.435 e. The van der Waals surface area contributed by atoms with Crippen LogP contribution >= 0.6 is 0 Å². The van der Waals surface area contributed by atoms with Gasteiger partial charge in [0.2, 0.25) is 11.8 Å². The lowest BCUT2D eigenvalue weighted by molar-refractivity contribution is -0.145. The third-order valence-electron chi connectivity index (χ3n) is 8.54. The van der Waals surface area contributed by atoms with Crippen LogP contribution in [0.1, 0.15) is 58.4 Å². The number of carbonyl (C=O) groups is 2. The lowest BCUT2D eigenvalue weighted by atomic mass is 9.67. The molecule has 4 heterocycles. The van der Waals surface area contributed by atoms with Crippen LogP contribution in [0.3, 0.4) is 0 Å². The van der Waals surface area contributed by atoms with Gasteiger partial charge in [-0.25, -0.2) is 22.9 Å². The Labute approximate surface area is 246 Å². The molecule has 1 unspecified atom stereocenters. The molecule has 2 saturated heterocycles. The molecule has 13 heteroatoms. The van der Waals surface area contributed by atoms with Gasteiger partial charge in [0.05, 0.1) is 36.3 Å². The molecule has 1 saturated carbocycles. The maximum absolute atomic E-state index is 15.1. The molecular weight excluding hydrogens is 565 g/mol. The molecule has 10 nitrogen and oxygen atoms in total. The molecule has 0 spiro atoms. The highest BCUT2D eigenvalue weighted by Crippen LogP contribution is 2.49. The number of ether oxygens (including phenoxy) is 2. The number of alkyl halides is 3. The van der Waals surface area contributed by atoms with E-state index < -0.39 is 59.7 Å². The van der Waals surface area contributed by atoms with Crippen LogP contribution in [-0.4, -0.2) is 74.3 Å². The highest BCUT2D eigenvalue weighted by molar-refractivity contribution is 5.90. The number of amides is 1. The van der Waals surface area contributed by atoms with Crippen LogP contribution in [0.15, 0.2) is 42.6 Å². The third kappa shape index (κ3) is 5.50. The van der Waals surface area contributed by atoms with Crippen LogP contribution in [0.5, 0.6) is 0 Å². The average Bonchev–Trinajstić information content (AvgIpc) is 3.40. The summed E-state index contributed by atoms with van der Waals surface area (Å²) in [5.41, 5.74) is 4.76. The molecule has 3 fully saturated rings. The topological polar surface area (TPSA) is 128 Å². The number of fused-ring (bicyclic) bond motifs is 1. The largest absolute Gasteiger partial charge is 0.442 e. The summed E-state index contributed by atoms with van der Waals surface area (Å²) in [6.07, 6.45) is -1.52. The minimum Gasteiger partial charge on any atom is -0.442 e. The molecule has 2 aromatic heterocycles. The van der Waals surface area contributed by atoms with E-state index in [-0.39, 0.29) is 32.4 Å². The van der Waals surface area contributed by atoms with E-state index in [0.717, 1.165) is 4.68 Å². The summed E-state index contributed by atoms with van der Waals surface area (Å²) >= 11 is 0. The molecule has 3 atom stereocenters. The lowest BCUT2D eigenvalue weighted by Gasteiger charge is -2.43. The SMILES string of the molecule is CC(C)(C)OC(=O)n1ncc2nc(NC3([C@H]4C[C@@H](F)CN4C(=O)C4(c5ccc(N)cc5)CCC(F)(F)CC4)CO3)ccc21. The number of halogens is 3. The van der Waals surface area contributed by atoms with Gasteiger partial charge in [0.25, 0.3) is 0 Å².